The van der Waals surface area contributed by atoms with Crippen molar-refractivity contribution in [3.63, 3.8) is 0 Å². The summed E-state index contributed by atoms with van der Waals surface area (Å²) in [6, 6.07) is 21.8. The average Bonchev–Trinajstić information content (AvgIpc) is 2.93. The molecule has 1 atom stereocenters. The molecule has 210 valence electrons. The molecule has 5 rings (SSSR count). The number of hydrogen-bond acceptors (Lipinski definition) is 6. The largest absolute Gasteiger partial charge is 0.497 e. The third-order valence-electron chi connectivity index (χ3n) is 7.94. The summed E-state index contributed by atoms with van der Waals surface area (Å²) in [6.07, 6.45) is 1.06. The van der Waals surface area contributed by atoms with Crippen LogP contribution in [-0.2, 0) is 11.4 Å². The lowest BCUT2D eigenvalue weighted by atomic mass is 9.68. The molecular formula is C34H34BrN3O3. The monoisotopic (exact) mass is 611 g/mol. The molecule has 41 heavy (non-hydrogen) atoms. The van der Waals surface area contributed by atoms with E-state index in [0.29, 0.717) is 36.4 Å². The number of ether oxygens (including phenoxy) is 2. The molecule has 3 aromatic rings. The minimum atomic E-state index is -0.558. The molecule has 2 aliphatic rings. The van der Waals surface area contributed by atoms with E-state index in [1.54, 1.807) is 7.11 Å². The first-order chi connectivity index (χ1) is 19.5. The van der Waals surface area contributed by atoms with Gasteiger partial charge < -0.3 is 15.2 Å². The van der Waals surface area contributed by atoms with Gasteiger partial charge in [0.05, 0.1) is 30.4 Å². The van der Waals surface area contributed by atoms with Gasteiger partial charge in [0.25, 0.3) is 0 Å². The Bertz CT molecular complexity index is 1630. The number of nitriles is 1. The van der Waals surface area contributed by atoms with E-state index in [0.717, 1.165) is 49.6 Å². The molecule has 0 fully saturated rings. The van der Waals surface area contributed by atoms with Gasteiger partial charge in [0.15, 0.2) is 5.78 Å². The molecule has 7 heteroatoms. The highest BCUT2D eigenvalue weighted by Gasteiger charge is 2.45. The highest BCUT2D eigenvalue weighted by molar-refractivity contribution is 9.10. The topological polar surface area (TPSA) is 88.6 Å². The molecule has 0 spiro atoms. The third-order valence-corrected chi connectivity index (χ3v) is 8.61. The van der Waals surface area contributed by atoms with Gasteiger partial charge in [-0.25, -0.2) is 0 Å². The minimum absolute atomic E-state index is 0.0514. The number of benzene rings is 3. The number of nitrogens with zero attached hydrogens (tertiary/aromatic N) is 2. The maximum absolute atomic E-state index is 14.0. The van der Waals surface area contributed by atoms with Crippen molar-refractivity contribution in [1.82, 2.24) is 0 Å². The zero-order valence-corrected chi connectivity index (χ0v) is 25.6. The molecule has 6 nitrogen and oxygen atoms in total. The fourth-order valence-electron chi connectivity index (χ4n) is 5.97. The summed E-state index contributed by atoms with van der Waals surface area (Å²) in [6.45, 7) is 8.61. The van der Waals surface area contributed by atoms with Gasteiger partial charge in [0.1, 0.15) is 23.9 Å². The maximum Gasteiger partial charge on any atom is 0.162 e. The molecular weight excluding hydrogens is 578 g/mol. The fourth-order valence-corrected chi connectivity index (χ4v) is 6.44. The van der Waals surface area contributed by atoms with Gasteiger partial charge >= 0.3 is 0 Å². The Morgan fingerprint density at radius 2 is 1.76 bits per heavy atom. The van der Waals surface area contributed by atoms with Crippen molar-refractivity contribution in [3.8, 4) is 17.6 Å². The number of nitrogens with two attached hydrogens (primary N) is 1. The third kappa shape index (κ3) is 5.37. The molecule has 3 aromatic carbocycles. The summed E-state index contributed by atoms with van der Waals surface area (Å²) in [4.78, 5) is 15.9. The average molecular weight is 613 g/mol. The quantitative estimate of drug-likeness (QED) is 0.309. The van der Waals surface area contributed by atoms with Crippen LogP contribution in [0.2, 0.25) is 0 Å². The first-order valence-electron chi connectivity index (χ1n) is 13.6. The lowest BCUT2D eigenvalue weighted by Gasteiger charge is -2.44. The van der Waals surface area contributed by atoms with Crippen molar-refractivity contribution >= 4 is 27.4 Å². The SMILES string of the molecule is COc1ccc(OCc2cc(C)cc(C3C(C#N)=C(N)N(c4ccccc4Br)C4=C3C(=O)CC(C)(C)C4)c2C)cc1. The van der Waals surface area contributed by atoms with Crippen LogP contribution in [0.15, 0.2) is 87.8 Å². The number of carbonyl (C=O) groups is 1. The second kappa shape index (κ2) is 11.1. The number of anilines is 1. The summed E-state index contributed by atoms with van der Waals surface area (Å²) < 4.78 is 12.2. The van der Waals surface area contributed by atoms with Gasteiger partial charge in [-0.3, -0.25) is 9.69 Å². The second-order valence-corrected chi connectivity index (χ2v) is 12.4. The summed E-state index contributed by atoms with van der Waals surface area (Å²) in [7, 11) is 1.63. The van der Waals surface area contributed by atoms with Crippen LogP contribution in [0.3, 0.4) is 0 Å². The molecule has 0 bridgehead atoms. The van der Waals surface area contributed by atoms with Gasteiger partial charge in [-0.05, 0) is 94.7 Å². The van der Waals surface area contributed by atoms with Gasteiger partial charge in [-0.15, -0.1) is 0 Å². The number of Topliss-reactive ketones (excluding diaryl/α,β-unsaturated/α-hetero) is 1. The van der Waals surface area contributed by atoms with Gasteiger partial charge in [0.2, 0.25) is 0 Å². The molecule has 0 saturated carbocycles. The molecule has 1 aliphatic heterocycles. The van der Waals surface area contributed by atoms with E-state index < -0.39 is 5.92 Å². The molecule has 1 heterocycles. The zero-order chi connectivity index (χ0) is 29.5. The summed E-state index contributed by atoms with van der Waals surface area (Å²) in [5.74, 6) is 1.34. The van der Waals surface area contributed by atoms with E-state index in [4.69, 9.17) is 15.2 Å². The standard InChI is InChI=1S/C34H34BrN3O3/c1-20-14-22(19-41-24-12-10-23(40-5)11-13-24)21(2)25(15-20)31-26(18-36)33(37)38(28-9-7-6-8-27(28)35)29-16-34(3,4)17-30(39)32(29)31/h6-15,31H,16-17,19,37H2,1-5H3. The van der Waals surface area contributed by atoms with Crippen molar-refractivity contribution in [2.24, 2.45) is 11.1 Å². The Balaban J connectivity index is 1.65. The smallest absolute Gasteiger partial charge is 0.162 e. The van der Waals surface area contributed by atoms with Gasteiger partial charge in [0, 0.05) is 22.2 Å². The lowest BCUT2D eigenvalue weighted by molar-refractivity contribution is -0.118. The van der Waals surface area contributed by atoms with E-state index >= 15 is 0 Å². The van der Waals surface area contributed by atoms with E-state index in [-0.39, 0.29) is 11.2 Å². The normalized spacial score (nSPS) is 18.2. The number of carbonyl (C=O) groups excluding carboxylic acids is 1. The van der Waals surface area contributed by atoms with Crippen molar-refractivity contribution in [3.05, 3.63) is 110 Å². The Hall–Kier alpha value is -4.02. The molecule has 0 amide bonds. The van der Waals surface area contributed by atoms with Gasteiger partial charge in [-0.1, -0.05) is 43.7 Å². The van der Waals surface area contributed by atoms with Crippen LogP contribution in [0.1, 0.15) is 54.9 Å². The highest BCUT2D eigenvalue weighted by Crippen LogP contribution is 2.51. The minimum Gasteiger partial charge on any atom is -0.497 e. The van der Waals surface area contributed by atoms with Gasteiger partial charge in [-0.2, -0.15) is 5.26 Å². The number of allylic oxidation sites excluding steroid dienone is 3. The summed E-state index contributed by atoms with van der Waals surface area (Å²) >= 11 is 3.67. The van der Waals surface area contributed by atoms with E-state index in [9.17, 15) is 10.1 Å². The number of ketones is 1. The van der Waals surface area contributed by atoms with Crippen LogP contribution >= 0.6 is 15.9 Å². The first kappa shape index (κ1) is 28.5. The Morgan fingerprint density at radius 1 is 1.07 bits per heavy atom. The van der Waals surface area contributed by atoms with Crippen molar-refractivity contribution in [2.45, 2.75) is 53.1 Å². The molecule has 0 radical (unpaired) electrons. The van der Waals surface area contributed by atoms with Crippen LogP contribution in [0, 0.1) is 30.6 Å². The van der Waals surface area contributed by atoms with Crippen LogP contribution in [0.5, 0.6) is 11.5 Å². The molecule has 2 N–H and O–H groups in total. The van der Waals surface area contributed by atoms with Crippen LogP contribution in [0.4, 0.5) is 5.69 Å². The number of halogens is 1. The van der Waals surface area contributed by atoms with Crippen LogP contribution in [0.25, 0.3) is 0 Å². The highest BCUT2D eigenvalue weighted by atomic mass is 79.9. The predicted molar refractivity (Wildman–Crippen MR) is 164 cm³/mol. The summed E-state index contributed by atoms with van der Waals surface area (Å²) in [5, 5.41) is 10.5. The van der Waals surface area contributed by atoms with Crippen molar-refractivity contribution in [2.75, 3.05) is 12.0 Å². The van der Waals surface area contributed by atoms with Crippen molar-refractivity contribution < 1.29 is 14.3 Å². The molecule has 0 aromatic heterocycles. The summed E-state index contributed by atoms with van der Waals surface area (Å²) in [5.41, 5.74) is 13.2. The van der Waals surface area contributed by atoms with E-state index in [1.165, 1.54) is 0 Å². The number of para-hydroxylation sites is 1. The number of hydrogen-bond donors (Lipinski definition) is 1. The molecule has 0 saturated heterocycles. The maximum atomic E-state index is 14.0. The lowest BCUT2D eigenvalue weighted by Crippen LogP contribution is -2.42. The predicted octanol–water partition coefficient (Wildman–Crippen LogP) is 7.59. The fraction of sp³-hybridized carbons (Fsp3) is 0.294. The van der Waals surface area contributed by atoms with Crippen LogP contribution < -0.4 is 20.1 Å². The number of aryl methyl sites for hydroxylation is 1. The number of rotatable bonds is 6. The first-order valence-corrected chi connectivity index (χ1v) is 14.4. The van der Waals surface area contributed by atoms with E-state index in [1.807, 2.05) is 67.3 Å². The Kier molecular flexibility index (Phi) is 7.72. The Morgan fingerprint density at radius 3 is 2.41 bits per heavy atom. The zero-order valence-electron chi connectivity index (χ0n) is 24.0. The van der Waals surface area contributed by atoms with Crippen molar-refractivity contribution in [1.29, 1.82) is 5.26 Å². The second-order valence-electron chi connectivity index (χ2n) is 11.5. The molecule has 1 aliphatic carbocycles. The molecule has 1 unspecified atom stereocenters. The Labute approximate surface area is 250 Å². The van der Waals surface area contributed by atoms with E-state index in [2.05, 4.69) is 48.0 Å². The number of methoxy groups -OCH3 is 1. The van der Waals surface area contributed by atoms with Crippen LogP contribution in [-0.4, -0.2) is 12.9 Å².